The molecule has 2 aromatic carbocycles. The van der Waals surface area contributed by atoms with Crippen molar-refractivity contribution in [3.63, 3.8) is 0 Å². The summed E-state index contributed by atoms with van der Waals surface area (Å²) in [5.41, 5.74) is 6.73. The monoisotopic (exact) mass is 1110 g/mol. The third-order valence-corrected chi connectivity index (χ3v) is 15.5. The Kier molecular flexibility index (Phi) is 28.2. The van der Waals surface area contributed by atoms with Gasteiger partial charge in [-0.2, -0.15) is 0 Å². The predicted molar refractivity (Wildman–Crippen MR) is 305 cm³/mol. The number of benzene rings is 2. The highest BCUT2D eigenvalue weighted by Crippen LogP contribution is 2.30. The third-order valence-electron chi connectivity index (χ3n) is 15.5. The SMILES string of the molecule is CO[C@H]([C@@H](C)C(=O)N[C@@H](Cc1ccccc1)C(=O)NCc1ccccc1)[C@@H]1CCCN1CC[C@H](C)[C@@H]([C@@H](CC=O)OC)N(C)C(=O)[C@@H](NC(=O)[C@H](C(C)C)N(C)CCCC(=O)NNC(=O)CCCCCN1C(=O)C=CC1=O)C(C)C. The number of amides is 8. The number of carbonyl (C=O) groups excluding carboxylic acids is 9. The summed E-state index contributed by atoms with van der Waals surface area (Å²) < 4.78 is 12.1. The minimum Gasteiger partial charge on any atom is -0.379 e. The molecule has 20 heteroatoms. The van der Waals surface area contributed by atoms with Crippen molar-refractivity contribution in [1.82, 2.24) is 46.4 Å². The number of aldehydes is 1. The molecule has 2 aromatic rings. The first-order chi connectivity index (χ1) is 38.2. The van der Waals surface area contributed by atoms with Gasteiger partial charge in [-0.15, -0.1) is 0 Å². The number of imide groups is 1. The number of nitrogens with zero attached hydrogens (tertiary/aromatic N) is 4. The Bertz CT molecular complexity index is 2340. The average molecular weight is 1110 g/mol. The first kappa shape index (κ1) is 66.2. The Hall–Kier alpha value is -6.35. The summed E-state index contributed by atoms with van der Waals surface area (Å²) in [6.07, 6.45) is 7.07. The molecule has 0 bridgehead atoms. The van der Waals surface area contributed by atoms with E-state index in [1.54, 1.807) is 26.1 Å². The lowest BCUT2D eigenvalue weighted by Crippen LogP contribution is -2.59. The first-order valence-corrected chi connectivity index (χ1v) is 28.5. The van der Waals surface area contributed by atoms with Crippen molar-refractivity contribution in [1.29, 1.82) is 0 Å². The van der Waals surface area contributed by atoms with E-state index in [0.717, 1.165) is 41.7 Å². The lowest BCUT2D eigenvalue weighted by Gasteiger charge is -2.41. The number of likely N-dealkylation sites (N-methyl/N-ethyl adjacent to an activating group) is 2. The van der Waals surface area contributed by atoms with Gasteiger partial charge in [0.15, 0.2) is 0 Å². The molecule has 0 saturated carbocycles. The molecule has 1 fully saturated rings. The molecule has 0 aliphatic carbocycles. The van der Waals surface area contributed by atoms with Crippen molar-refractivity contribution in [2.75, 3.05) is 54.5 Å². The molecule has 0 aromatic heterocycles. The van der Waals surface area contributed by atoms with Crippen molar-refractivity contribution in [3.8, 4) is 0 Å². The zero-order valence-electron chi connectivity index (χ0n) is 48.9. The molecule has 4 rings (SSSR count). The fraction of sp³-hybridized carbons (Fsp3) is 0.617. The summed E-state index contributed by atoms with van der Waals surface area (Å²) in [4.78, 5) is 124. The van der Waals surface area contributed by atoms with E-state index in [0.29, 0.717) is 58.2 Å². The highest BCUT2D eigenvalue weighted by Gasteiger charge is 2.42. The van der Waals surface area contributed by atoms with E-state index >= 15 is 0 Å². The van der Waals surface area contributed by atoms with Crippen LogP contribution in [0.4, 0.5) is 0 Å². The van der Waals surface area contributed by atoms with E-state index in [2.05, 4.69) is 31.7 Å². The second kappa shape index (κ2) is 34.1. The highest BCUT2D eigenvalue weighted by molar-refractivity contribution is 6.12. The fourth-order valence-electron chi connectivity index (χ4n) is 11.0. The minimum absolute atomic E-state index is 0.0415. The normalized spacial score (nSPS) is 17.6. The summed E-state index contributed by atoms with van der Waals surface area (Å²) in [6.45, 7) is 13.8. The van der Waals surface area contributed by atoms with Crippen LogP contribution in [0.3, 0.4) is 0 Å². The maximum absolute atomic E-state index is 14.7. The second-order valence-electron chi connectivity index (χ2n) is 22.1. The molecule has 8 amide bonds. The molecule has 2 heterocycles. The van der Waals surface area contributed by atoms with E-state index in [1.807, 2.05) is 107 Å². The molecular weight excluding hydrogens is 1020 g/mol. The maximum atomic E-state index is 14.7. The van der Waals surface area contributed by atoms with E-state index in [-0.39, 0.29) is 91.0 Å². The summed E-state index contributed by atoms with van der Waals surface area (Å²) in [7, 11) is 6.62. The largest absolute Gasteiger partial charge is 0.379 e. The number of ether oxygens (including phenoxy) is 2. The topological polar surface area (TPSA) is 245 Å². The van der Waals surface area contributed by atoms with Crippen LogP contribution < -0.4 is 26.8 Å². The van der Waals surface area contributed by atoms with Crippen LogP contribution in [0, 0.1) is 23.7 Å². The summed E-state index contributed by atoms with van der Waals surface area (Å²) in [6, 6.07) is 16.1. The van der Waals surface area contributed by atoms with Crippen LogP contribution in [0.5, 0.6) is 0 Å². The van der Waals surface area contributed by atoms with E-state index in [9.17, 15) is 43.2 Å². The van der Waals surface area contributed by atoms with Gasteiger partial charge in [0, 0.05) is 78.2 Å². The van der Waals surface area contributed by atoms with Gasteiger partial charge in [-0.1, -0.05) is 109 Å². The molecule has 1 saturated heterocycles. The van der Waals surface area contributed by atoms with Crippen molar-refractivity contribution in [3.05, 3.63) is 83.9 Å². The van der Waals surface area contributed by atoms with Crippen LogP contribution in [0.2, 0.25) is 0 Å². The Morgan fingerprint density at radius 3 is 1.91 bits per heavy atom. The molecule has 80 heavy (non-hydrogen) atoms. The van der Waals surface area contributed by atoms with E-state index in [4.69, 9.17) is 9.47 Å². The van der Waals surface area contributed by atoms with Gasteiger partial charge in [0.1, 0.15) is 18.4 Å². The van der Waals surface area contributed by atoms with Gasteiger partial charge < -0.3 is 35.1 Å². The zero-order valence-corrected chi connectivity index (χ0v) is 48.9. The van der Waals surface area contributed by atoms with Gasteiger partial charge in [0.2, 0.25) is 35.4 Å². The average Bonchev–Trinajstić information content (AvgIpc) is 4.04. The maximum Gasteiger partial charge on any atom is 0.253 e. The van der Waals surface area contributed by atoms with Crippen molar-refractivity contribution < 1.29 is 52.6 Å². The number of hydrogen-bond donors (Lipinski definition) is 5. The van der Waals surface area contributed by atoms with E-state index in [1.165, 1.54) is 19.3 Å². The number of rotatable bonds is 35. The second-order valence-corrected chi connectivity index (χ2v) is 22.1. The van der Waals surface area contributed by atoms with Crippen LogP contribution in [0.1, 0.15) is 117 Å². The number of hydrazine groups is 1. The molecule has 5 N–H and O–H groups in total. The number of hydrogen-bond acceptors (Lipinski definition) is 13. The molecule has 2 aliphatic rings. The predicted octanol–water partition coefficient (Wildman–Crippen LogP) is 4.11. The van der Waals surface area contributed by atoms with Crippen LogP contribution >= 0.6 is 0 Å². The standard InChI is InChI=1S/C60H91N9O11/c1-40(2)53(63-59(77)54(41(3)4)66(7)33-21-28-50(72)65-64-49(71)27-18-13-19-35-69-51(73)29-30-52(69)74)60(78)67(8)55(48(79-9)32-37-70)42(5)31-36-68-34-20-26-47(68)56(80-10)43(6)57(75)62-46(38-44-22-14-11-15-23-44)58(76)61-39-45-24-16-12-17-25-45/h11-12,14-17,22-25,29-30,37,40-43,46-48,53-56H,13,18-21,26-28,31-36,38-39H2,1-10H3,(H,61,76)(H,62,75)(H,63,77)(H,64,71)(H,65,72)/t42-,43+,46-,47-,48+,53-,54-,55-,56+/m0/s1. The van der Waals surface area contributed by atoms with Gasteiger partial charge in [-0.05, 0) is 94.1 Å². The molecule has 9 atom stereocenters. The summed E-state index contributed by atoms with van der Waals surface area (Å²) in [5, 5.41) is 9.12. The van der Waals surface area contributed by atoms with E-state index < -0.39 is 48.2 Å². The smallest absolute Gasteiger partial charge is 0.253 e. The van der Waals surface area contributed by atoms with Crippen molar-refractivity contribution in [2.45, 2.75) is 161 Å². The number of unbranched alkanes of at least 4 members (excludes halogenated alkanes) is 2. The Morgan fingerprint density at radius 1 is 0.725 bits per heavy atom. The highest BCUT2D eigenvalue weighted by atomic mass is 16.5. The first-order valence-electron chi connectivity index (χ1n) is 28.5. The lowest BCUT2D eigenvalue weighted by molar-refractivity contribution is -0.144. The van der Waals surface area contributed by atoms with Crippen LogP contribution in [0.25, 0.3) is 0 Å². The zero-order chi connectivity index (χ0) is 58.9. The Labute approximate surface area is 474 Å². The molecule has 0 radical (unpaired) electrons. The van der Waals surface area contributed by atoms with Crippen molar-refractivity contribution in [2.24, 2.45) is 23.7 Å². The Balaban J connectivity index is 1.34. The third kappa shape index (κ3) is 20.3. The molecule has 20 nitrogen and oxygen atoms in total. The summed E-state index contributed by atoms with van der Waals surface area (Å²) >= 11 is 0. The number of methoxy groups -OCH3 is 2. The molecule has 442 valence electrons. The number of carbonyl (C=O) groups is 9. The quantitative estimate of drug-likeness (QED) is 0.0283. The van der Waals surface area contributed by atoms with Crippen molar-refractivity contribution >= 4 is 53.5 Å². The number of likely N-dealkylation sites (tertiary alicyclic amines) is 1. The molecule has 0 unspecified atom stereocenters. The lowest BCUT2D eigenvalue weighted by atomic mass is 9.89. The van der Waals surface area contributed by atoms with Crippen LogP contribution in [0.15, 0.2) is 72.8 Å². The molecule has 2 aliphatic heterocycles. The van der Waals surface area contributed by atoms with Gasteiger partial charge in [0.25, 0.3) is 11.8 Å². The van der Waals surface area contributed by atoms with Crippen LogP contribution in [-0.2, 0) is 65.6 Å². The molecular formula is C60H91N9O11. The molecule has 0 spiro atoms. The van der Waals surface area contributed by atoms with Gasteiger partial charge in [-0.25, -0.2) is 0 Å². The minimum atomic E-state index is -0.920. The summed E-state index contributed by atoms with van der Waals surface area (Å²) in [5.74, 6) is -3.96. The van der Waals surface area contributed by atoms with Gasteiger partial charge >= 0.3 is 0 Å². The van der Waals surface area contributed by atoms with Gasteiger partial charge in [0.05, 0.1) is 30.2 Å². The fourth-order valence-corrected chi connectivity index (χ4v) is 11.0. The Morgan fingerprint density at radius 2 is 1.34 bits per heavy atom. The van der Waals surface area contributed by atoms with Crippen LogP contribution in [-0.4, -0.2) is 170 Å². The van der Waals surface area contributed by atoms with Gasteiger partial charge in [-0.3, -0.25) is 63.9 Å². The number of nitrogens with one attached hydrogen (secondary N) is 5.